The first-order valence-electron chi connectivity index (χ1n) is 5.59. The molecule has 2 aromatic carbocycles. The molecule has 0 saturated heterocycles. The lowest BCUT2D eigenvalue weighted by atomic mass is 10.1. The van der Waals surface area contributed by atoms with Crippen LogP contribution in [0.5, 0.6) is 11.5 Å². The molecule has 0 atom stereocenters. The summed E-state index contributed by atoms with van der Waals surface area (Å²) in [6.07, 6.45) is 0. The fraction of sp³-hybridized carbons (Fsp3) is 0. The average Bonchev–Trinajstić information content (AvgIpc) is 2.44. The molecule has 1 heterocycles. The van der Waals surface area contributed by atoms with Crippen LogP contribution in [0.2, 0.25) is 0 Å². The van der Waals surface area contributed by atoms with Crippen LogP contribution in [0, 0.1) is 0 Å². The molecule has 0 fully saturated rings. The molecule has 1 aromatic heterocycles. The van der Waals surface area contributed by atoms with Gasteiger partial charge in [0.15, 0.2) is 5.75 Å². The number of para-hydroxylation sites is 1. The van der Waals surface area contributed by atoms with Gasteiger partial charge in [0.1, 0.15) is 5.39 Å². The molecule has 88 valence electrons. The molecule has 0 amide bonds. The van der Waals surface area contributed by atoms with Crippen molar-refractivity contribution in [1.29, 1.82) is 0 Å². The van der Waals surface area contributed by atoms with E-state index in [1.807, 2.05) is 36.4 Å². The standard InChI is InChI=1S/C15H10O3/c16-13-11-8-4-5-9-12(11)18-15(14(13)17)10-6-2-1-3-7-10/h1-9H,(H-,16,17)/p+1. The van der Waals surface area contributed by atoms with Gasteiger partial charge in [-0.05, 0) is 18.2 Å². The largest absolute Gasteiger partial charge is 0.503 e. The minimum absolute atomic E-state index is 0.157. The van der Waals surface area contributed by atoms with Crippen molar-refractivity contribution in [2.75, 3.05) is 0 Å². The Bertz CT molecular complexity index is 706. The van der Waals surface area contributed by atoms with Gasteiger partial charge in [0, 0.05) is 6.07 Å². The van der Waals surface area contributed by atoms with Crippen molar-refractivity contribution in [3.05, 3.63) is 54.6 Å². The van der Waals surface area contributed by atoms with Crippen LogP contribution in [0.1, 0.15) is 0 Å². The lowest BCUT2D eigenvalue weighted by Gasteiger charge is -1.99. The zero-order valence-corrected chi connectivity index (χ0v) is 9.50. The van der Waals surface area contributed by atoms with Crippen molar-refractivity contribution >= 4 is 11.0 Å². The van der Waals surface area contributed by atoms with Gasteiger partial charge in [0.2, 0.25) is 0 Å². The lowest BCUT2D eigenvalue weighted by Crippen LogP contribution is -1.82. The van der Waals surface area contributed by atoms with Gasteiger partial charge in [0.05, 0.1) is 5.56 Å². The minimum atomic E-state index is -0.236. The van der Waals surface area contributed by atoms with E-state index in [1.54, 1.807) is 18.2 Å². The molecule has 3 rings (SSSR count). The maximum atomic E-state index is 10.0. The minimum Gasteiger partial charge on any atom is -0.503 e. The number of aromatic hydroxyl groups is 2. The van der Waals surface area contributed by atoms with Crippen molar-refractivity contribution in [3.63, 3.8) is 0 Å². The Balaban J connectivity index is 2.34. The van der Waals surface area contributed by atoms with Crippen molar-refractivity contribution in [3.8, 4) is 22.8 Å². The summed E-state index contributed by atoms with van der Waals surface area (Å²) in [6, 6.07) is 16.2. The van der Waals surface area contributed by atoms with E-state index in [1.165, 1.54) is 0 Å². The molecule has 0 unspecified atom stereocenters. The number of rotatable bonds is 1. The van der Waals surface area contributed by atoms with E-state index in [4.69, 9.17) is 4.42 Å². The van der Waals surface area contributed by atoms with Gasteiger partial charge < -0.3 is 10.2 Å². The van der Waals surface area contributed by atoms with Crippen LogP contribution in [0.25, 0.3) is 22.3 Å². The molecule has 18 heavy (non-hydrogen) atoms. The van der Waals surface area contributed by atoms with Crippen molar-refractivity contribution in [1.82, 2.24) is 0 Å². The van der Waals surface area contributed by atoms with Crippen LogP contribution in [0.4, 0.5) is 0 Å². The first kappa shape index (κ1) is 10.6. The molecule has 0 spiro atoms. The Labute approximate surface area is 104 Å². The molecule has 0 aliphatic carbocycles. The second-order valence-electron chi connectivity index (χ2n) is 3.99. The lowest BCUT2D eigenvalue weighted by molar-refractivity contribution is 0.394. The van der Waals surface area contributed by atoms with Crippen LogP contribution in [0.15, 0.2) is 59.0 Å². The van der Waals surface area contributed by atoms with Gasteiger partial charge in [0.25, 0.3) is 5.75 Å². The Hall–Kier alpha value is -2.55. The van der Waals surface area contributed by atoms with E-state index in [0.29, 0.717) is 11.0 Å². The SMILES string of the molecule is Oc1c(-c2ccccc2)[o+]c2ccccc2c1O. The third-order valence-corrected chi connectivity index (χ3v) is 2.83. The molecule has 0 bridgehead atoms. The van der Waals surface area contributed by atoms with E-state index in [2.05, 4.69) is 0 Å². The van der Waals surface area contributed by atoms with Gasteiger partial charge in [-0.1, -0.05) is 30.3 Å². The molecule has 2 N–H and O–H groups in total. The predicted octanol–water partition coefficient (Wildman–Crippen LogP) is 3.79. The topological polar surface area (TPSA) is 51.8 Å². The number of hydrogen-bond donors (Lipinski definition) is 2. The summed E-state index contributed by atoms with van der Waals surface area (Å²) in [5.74, 6) is -0.123. The smallest absolute Gasteiger partial charge is 0.405 e. The van der Waals surface area contributed by atoms with Crippen LogP contribution in [0.3, 0.4) is 0 Å². The number of fused-ring (bicyclic) bond motifs is 1. The molecule has 3 aromatic rings. The molecule has 3 nitrogen and oxygen atoms in total. The molecule has 0 aliphatic heterocycles. The summed E-state index contributed by atoms with van der Waals surface area (Å²) in [4.78, 5) is 0. The van der Waals surface area contributed by atoms with Crippen molar-refractivity contribution < 1.29 is 14.6 Å². The predicted molar refractivity (Wildman–Crippen MR) is 69.4 cm³/mol. The fourth-order valence-electron chi connectivity index (χ4n) is 1.93. The monoisotopic (exact) mass is 239 g/mol. The van der Waals surface area contributed by atoms with E-state index in [0.717, 1.165) is 5.56 Å². The van der Waals surface area contributed by atoms with Crippen molar-refractivity contribution in [2.24, 2.45) is 0 Å². The summed E-state index contributed by atoms with van der Waals surface area (Å²) in [5.41, 5.74) is 1.25. The Morgan fingerprint density at radius 1 is 0.722 bits per heavy atom. The molecule has 0 radical (unpaired) electrons. The van der Waals surface area contributed by atoms with Crippen LogP contribution in [-0.4, -0.2) is 10.2 Å². The first-order chi connectivity index (χ1) is 8.77. The first-order valence-corrected chi connectivity index (χ1v) is 5.59. The van der Waals surface area contributed by atoms with Gasteiger partial charge in [-0.15, -0.1) is 0 Å². The Morgan fingerprint density at radius 3 is 2.17 bits per heavy atom. The quantitative estimate of drug-likeness (QED) is 0.635. The number of hydrogen-bond acceptors (Lipinski definition) is 2. The maximum absolute atomic E-state index is 10.0. The summed E-state index contributed by atoms with van der Waals surface area (Å²) < 4.78 is 5.65. The summed E-state index contributed by atoms with van der Waals surface area (Å²) in [6.45, 7) is 0. The highest BCUT2D eigenvalue weighted by Gasteiger charge is 2.26. The molecular weight excluding hydrogens is 228 g/mol. The zero-order chi connectivity index (χ0) is 12.5. The van der Waals surface area contributed by atoms with Crippen LogP contribution >= 0.6 is 0 Å². The Morgan fingerprint density at radius 2 is 1.39 bits per heavy atom. The Kier molecular flexibility index (Phi) is 2.38. The third kappa shape index (κ3) is 1.57. The van der Waals surface area contributed by atoms with E-state index in [9.17, 15) is 10.2 Å². The van der Waals surface area contributed by atoms with Gasteiger partial charge in [-0.3, -0.25) is 0 Å². The summed E-state index contributed by atoms with van der Waals surface area (Å²) in [5, 5.41) is 20.5. The highest BCUT2D eigenvalue weighted by atomic mass is 16.4. The van der Waals surface area contributed by atoms with E-state index in [-0.39, 0.29) is 17.3 Å². The zero-order valence-electron chi connectivity index (χ0n) is 9.50. The van der Waals surface area contributed by atoms with Gasteiger partial charge in [-0.25, -0.2) is 4.42 Å². The van der Waals surface area contributed by atoms with Crippen LogP contribution < -0.4 is 0 Å². The molecule has 0 saturated carbocycles. The maximum Gasteiger partial charge on any atom is 0.405 e. The highest BCUT2D eigenvalue weighted by Crippen LogP contribution is 2.41. The average molecular weight is 239 g/mol. The van der Waals surface area contributed by atoms with E-state index >= 15 is 0 Å². The normalized spacial score (nSPS) is 10.7. The number of benzene rings is 2. The summed E-state index contributed by atoms with van der Waals surface area (Å²) in [7, 11) is 0. The second kappa shape index (κ2) is 4.04. The van der Waals surface area contributed by atoms with Crippen LogP contribution in [-0.2, 0) is 0 Å². The van der Waals surface area contributed by atoms with Gasteiger partial charge in [-0.2, -0.15) is 0 Å². The summed E-state index contributed by atoms with van der Waals surface area (Å²) >= 11 is 0. The highest BCUT2D eigenvalue weighted by molar-refractivity contribution is 5.89. The third-order valence-electron chi connectivity index (χ3n) is 2.83. The van der Waals surface area contributed by atoms with E-state index < -0.39 is 0 Å². The van der Waals surface area contributed by atoms with Gasteiger partial charge >= 0.3 is 11.3 Å². The van der Waals surface area contributed by atoms with Crippen molar-refractivity contribution in [2.45, 2.75) is 0 Å². The fourth-order valence-corrected chi connectivity index (χ4v) is 1.93. The molecular formula is C15H11O3+. The molecule has 3 heteroatoms. The molecule has 0 aliphatic rings. The second-order valence-corrected chi connectivity index (χ2v) is 3.99.